The number of thiazole rings is 1. The van der Waals surface area contributed by atoms with Gasteiger partial charge in [0.25, 0.3) is 0 Å². The molecule has 2 aromatic rings. The van der Waals surface area contributed by atoms with Crippen LogP contribution in [0, 0.1) is 0 Å². The summed E-state index contributed by atoms with van der Waals surface area (Å²) in [7, 11) is 0. The number of hydrogen-bond donors (Lipinski definition) is 1. The molecule has 30 heavy (non-hydrogen) atoms. The van der Waals surface area contributed by atoms with Crippen LogP contribution in [0.2, 0.25) is 0 Å². The minimum Gasteiger partial charge on any atom is -0.465 e. The van der Waals surface area contributed by atoms with Crippen LogP contribution in [0.1, 0.15) is 32.8 Å². The van der Waals surface area contributed by atoms with Gasteiger partial charge in [0.05, 0.1) is 22.5 Å². The number of aromatic nitrogens is 1. The first-order valence-electron chi connectivity index (χ1n) is 9.92. The first kappa shape index (κ1) is 24.1. The zero-order valence-corrected chi connectivity index (χ0v) is 19.2. The molecule has 0 saturated carbocycles. The SMILES string of the molecule is C=C/C=c1/sc(SC(=O)C(C)N[C@@H](CCc2ccccc2)C(=O)OCC)n/c1=C/C. The molecule has 1 heterocycles. The number of carbonyl (C=O) groups is 2. The van der Waals surface area contributed by atoms with Crippen LogP contribution in [0.5, 0.6) is 0 Å². The third kappa shape index (κ3) is 7.23. The minimum atomic E-state index is -0.551. The normalized spacial score (nSPS) is 14.4. The van der Waals surface area contributed by atoms with Crippen molar-refractivity contribution in [3.63, 3.8) is 0 Å². The van der Waals surface area contributed by atoms with Crippen molar-refractivity contribution in [2.24, 2.45) is 0 Å². The number of allylic oxidation sites excluding steroid dienone is 1. The summed E-state index contributed by atoms with van der Waals surface area (Å²) in [4.78, 5) is 29.6. The summed E-state index contributed by atoms with van der Waals surface area (Å²) in [5, 5.41) is 3.90. The Bertz CT molecular complexity index is 970. The second-order valence-corrected chi connectivity index (χ2v) is 8.84. The zero-order valence-electron chi connectivity index (χ0n) is 17.6. The number of nitrogens with zero attached hydrogens (tertiary/aromatic N) is 1. The van der Waals surface area contributed by atoms with E-state index in [0.717, 1.165) is 27.2 Å². The van der Waals surface area contributed by atoms with Crippen molar-refractivity contribution in [1.29, 1.82) is 0 Å². The van der Waals surface area contributed by atoms with Gasteiger partial charge < -0.3 is 4.74 Å². The lowest BCUT2D eigenvalue weighted by Crippen LogP contribution is -2.46. The van der Waals surface area contributed by atoms with Gasteiger partial charge in [0.15, 0.2) is 4.34 Å². The average Bonchev–Trinajstić information content (AvgIpc) is 3.13. The van der Waals surface area contributed by atoms with Gasteiger partial charge in [-0.1, -0.05) is 49.1 Å². The van der Waals surface area contributed by atoms with Crippen LogP contribution in [0.25, 0.3) is 12.2 Å². The number of esters is 1. The highest BCUT2D eigenvalue weighted by atomic mass is 32.2. The molecule has 0 fully saturated rings. The predicted molar refractivity (Wildman–Crippen MR) is 125 cm³/mol. The Morgan fingerprint density at radius 1 is 1.33 bits per heavy atom. The van der Waals surface area contributed by atoms with Crippen molar-refractivity contribution >= 4 is 46.3 Å². The molecule has 0 amide bonds. The maximum absolute atomic E-state index is 12.7. The van der Waals surface area contributed by atoms with Crippen molar-refractivity contribution < 1.29 is 14.3 Å². The Morgan fingerprint density at radius 2 is 2.07 bits per heavy atom. The summed E-state index contributed by atoms with van der Waals surface area (Å²) in [6.07, 6.45) is 6.76. The standard InChI is InChI=1S/C23H28N2O3S2/c1-5-11-20-18(6-2)25-23(29-20)30-22(27)16(4)24-19(21(26)28-7-3)15-14-17-12-9-8-10-13-17/h5-6,8-13,16,19,24H,1,7,14-15H2,2-4H3/b18-6+,20-11+/t16?,19-/m0/s1. The highest BCUT2D eigenvalue weighted by Gasteiger charge is 2.25. The number of rotatable bonds is 10. The maximum atomic E-state index is 12.7. The molecule has 0 aliphatic heterocycles. The molecule has 1 N–H and O–H groups in total. The van der Waals surface area contributed by atoms with Crippen LogP contribution in [0.3, 0.4) is 0 Å². The molecule has 0 bridgehead atoms. The van der Waals surface area contributed by atoms with Crippen LogP contribution in [-0.2, 0) is 20.7 Å². The lowest BCUT2D eigenvalue weighted by Gasteiger charge is -2.21. The predicted octanol–water partition coefficient (Wildman–Crippen LogP) is 3.07. The van der Waals surface area contributed by atoms with Gasteiger partial charge in [-0.15, -0.1) is 11.3 Å². The fourth-order valence-electron chi connectivity index (χ4n) is 2.81. The summed E-state index contributed by atoms with van der Waals surface area (Å²) in [5.74, 6) is -0.335. The number of hydrogen-bond acceptors (Lipinski definition) is 7. The van der Waals surface area contributed by atoms with E-state index in [9.17, 15) is 9.59 Å². The molecular weight excluding hydrogens is 416 g/mol. The Hall–Kier alpha value is -2.22. The van der Waals surface area contributed by atoms with Gasteiger partial charge in [0, 0.05) is 0 Å². The molecule has 1 unspecified atom stereocenters. The van der Waals surface area contributed by atoms with Gasteiger partial charge in [0.2, 0.25) is 5.12 Å². The zero-order chi connectivity index (χ0) is 21.9. The van der Waals surface area contributed by atoms with E-state index >= 15 is 0 Å². The van der Waals surface area contributed by atoms with Gasteiger partial charge in [-0.2, -0.15) is 0 Å². The maximum Gasteiger partial charge on any atom is 0.323 e. The monoisotopic (exact) mass is 444 g/mol. The van der Waals surface area contributed by atoms with E-state index in [1.165, 1.54) is 11.3 Å². The molecule has 0 aliphatic rings. The molecule has 1 aromatic carbocycles. The van der Waals surface area contributed by atoms with Crippen LogP contribution < -0.4 is 15.2 Å². The molecule has 0 aliphatic carbocycles. The molecule has 0 spiro atoms. The Morgan fingerprint density at radius 3 is 2.70 bits per heavy atom. The molecule has 0 radical (unpaired) electrons. The second-order valence-electron chi connectivity index (χ2n) is 6.56. The Kier molecular flexibility index (Phi) is 10.00. The summed E-state index contributed by atoms with van der Waals surface area (Å²) >= 11 is 2.54. The van der Waals surface area contributed by atoms with Crippen molar-refractivity contribution in [2.45, 2.75) is 50.0 Å². The number of aryl methyl sites for hydroxylation is 1. The summed E-state index contributed by atoms with van der Waals surface area (Å²) in [6.45, 7) is 9.47. The summed E-state index contributed by atoms with van der Waals surface area (Å²) in [5.41, 5.74) is 1.14. The minimum absolute atomic E-state index is 0.0921. The molecule has 5 nitrogen and oxygen atoms in total. The first-order valence-corrected chi connectivity index (χ1v) is 11.6. The molecule has 0 saturated heterocycles. The smallest absolute Gasteiger partial charge is 0.323 e. The molecule has 2 atom stereocenters. The van der Waals surface area contributed by atoms with Gasteiger partial charge in [0.1, 0.15) is 6.04 Å². The fourth-order valence-corrected chi connectivity index (χ4v) is 4.82. The van der Waals surface area contributed by atoms with Crippen molar-refractivity contribution in [1.82, 2.24) is 10.3 Å². The van der Waals surface area contributed by atoms with Crippen molar-refractivity contribution in [3.8, 4) is 0 Å². The van der Waals surface area contributed by atoms with Gasteiger partial charge in [-0.05, 0) is 57.0 Å². The van der Waals surface area contributed by atoms with E-state index in [-0.39, 0.29) is 11.1 Å². The lowest BCUT2D eigenvalue weighted by molar-refractivity contribution is -0.146. The largest absolute Gasteiger partial charge is 0.465 e. The number of nitrogens with one attached hydrogen (secondary N) is 1. The van der Waals surface area contributed by atoms with Crippen LogP contribution in [0.15, 0.2) is 47.3 Å². The Labute approximate surface area is 185 Å². The third-order valence-corrected chi connectivity index (χ3v) is 6.48. The Balaban J connectivity index is 2.05. The van der Waals surface area contributed by atoms with E-state index in [2.05, 4.69) is 16.9 Å². The van der Waals surface area contributed by atoms with E-state index in [1.807, 2.05) is 49.4 Å². The quantitative estimate of drug-likeness (QED) is 0.449. The summed E-state index contributed by atoms with van der Waals surface area (Å²) < 4.78 is 6.85. The number of thioether (sulfide) groups is 1. The topological polar surface area (TPSA) is 68.3 Å². The number of ether oxygens (including phenoxy) is 1. The van der Waals surface area contributed by atoms with Gasteiger partial charge in [-0.3, -0.25) is 14.9 Å². The van der Waals surface area contributed by atoms with E-state index < -0.39 is 12.1 Å². The van der Waals surface area contributed by atoms with Crippen molar-refractivity contribution in [2.75, 3.05) is 6.61 Å². The lowest BCUT2D eigenvalue weighted by atomic mass is 10.0. The van der Waals surface area contributed by atoms with E-state index in [0.29, 0.717) is 23.8 Å². The molecule has 160 valence electrons. The molecule has 7 heteroatoms. The van der Waals surface area contributed by atoms with Crippen LogP contribution in [-0.4, -0.2) is 34.8 Å². The third-order valence-electron chi connectivity index (χ3n) is 4.33. The van der Waals surface area contributed by atoms with E-state index in [1.54, 1.807) is 19.9 Å². The van der Waals surface area contributed by atoms with Gasteiger partial charge >= 0.3 is 5.97 Å². The summed E-state index contributed by atoms with van der Waals surface area (Å²) in [6, 6.07) is 8.87. The highest BCUT2D eigenvalue weighted by Crippen LogP contribution is 2.20. The van der Waals surface area contributed by atoms with E-state index in [4.69, 9.17) is 4.74 Å². The highest BCUT2D eigenvalue weighted by molar-refractivity contribution is 8.15. The van der Waals surface area contributed by atoms with Gasteiger partial charge in [-0.25, -0.2) is 4.98 Å². The van der Waals surface area contributed by atoms with Crippen molar-refractivity contribution in [3.05, 3.63) is 58.4 Å². The second kappa shape index (κ2) is 12.5. The molecule has 1 aromatic heterocycles. The van der Waals surface area contributed by atoms with Crippen LogP contribution in [0.4, 0.5) is 0 Å². The number of benzene rings is 1. The molecule has 2 rings (SSSR count). The molecular formula is C23H28N2O3S2. The first-order chi connectivity index (χ1) is 14.5. The van der Waals surface area contributed by atoms with Crippen LogP contribution >= 0.6 is 23.1 Å². The fraction of sp³-hybridized carbons (Fsp3) is 0.348. The average molecular weight is 445 g/mol. The number of carbonyl (C=O) groups excluding carboxylic acids is 2.